The Morgan fingerprint density at radius 2 is 2.14 bits per heavy atom. The Kier molecular flexibility index (Phi) is 4.11. The molecule has 0 fully saturated rings. The average Bonchev–Trinajstić information content (AvgIpc) is 2.15. The molecule has 14 heavy (non-hydrogen) atoms. The van der Waals surface area contributed by atoms with Gasteiger partial charge in [-0.15, -0.1) is 0 Å². The van der Waals surface area contributed by atoms with E-state index in [0.29, 0.717) is 0 Å². The maximum Gasteiger partial charge on any atom is 0.0607 e. The lowest BCUT2D eigenvalue weighted by atomic mass is 10.1. The first-order chi connectivity index (χ1) is 6.53. The number of nitrogens with one attached hydrogen (secondary N) is 1. The Balaban J connectivity index is 2.54. The molecule has 0 aliphatic rings. The van der Waals surface area contributed by atoms with E-state index in [9.17, 15) is 0 Å². The van der Waals surface area contributed by atoms with E-state index in [4.69, 9.17) is 5.11 Å². The van der Waals surface area contributed by atoms with Gasteiger partial charge in [0.25, 0.3) is 0 Å². The first-order valence-corrected chi connectivity index (χ1v) is 5.43. The first kappa shape index (κ1) is 11.7. The SMILES string of the molecule is CC(C)(CO)NCc1cccc(Br)c1. The fraction of sp³-hybridized carbons (Fsp3) is 0.455. The number of hydrogen-bond acceptors (Lipinski definition) is 2. The van der Waals surface area contributed by atoms with Gasteiger partial charge in [-0.3, -0.25) is 0 Å². The van der Waals surface area contributed by atoms with E-state index in [-0.39, 0.29) is 12.1 Å². The molecule has 3 heteroatoms. The molecule has 0 heterocycles. The zero-order valence-corrected chi connectivity index (χ0v) is 10.1. The van der Waals surface area contributed by atoms with E-state index in [1.807, 2.05) is 26.0 Å². The van der Waals surface area contributed by atoms with Gasteiger partial charge in [-0.25, -0.2) is 0 Å². The van der Waals surface area contributed by atoms with Crippen molar-refractivity contribution in [2.45, 2.75) is 25.9 Å². The summed E-state index contributed by atoms with van der Waals surface area (Å²) in [6.07, 6.45) is 0. The fourth-order valence-corrected chi connectivity index (χ4v) is 1.49. The van der Waals surface area contributed by atoms with Crippen molar-refractivity contribution < 1.29 is 5.11 Å². The molecule has 0 saturated heterocycles. The van der Waals surface area contributed by atoms with Crippen LogP contribution in [0.25, 0.3) is 0 Å². The molecule has 0 spiro atoms. The van der Waals surface area contributed by atoms with Gasteiger partial charge in [0.2, 0.25) is 0 Å². The van der Waals surface area contributed by atoms with E-state index < -0.39 is 0 Å². The number of rotatable bonds is 4. The van der Waals surface area contributed by atoms with Crippen LogP contribution in [0.1, 0.15) is 19.4 Å². The predicted molar refractivity (Wildman–Crippen MR) is 62.1 cm³/mol. The van der Waals surface area contributed by atoms with Crippen LogP contribution in [0.15, 0.2) is 28.7 Å². The maximum atomic E-state index is 9.05. The van der Waals surface area contributed by atoms with Gasteiger partial charge in [0.1, 0.15) is 0 Å². The molecular weight excluding hydrogens is 242 g/mol. The van der Waals surface area contributed by atoms with Gasteiger partial charge >= 0.3 is 0 Å². The molecule has 0 atom stereocenters. The summed E-state index contributed by atoms with van der Waals surface area (Å²) in [4.78, 5) is 0. The zero-order valence-electron chi connectivity index (χ0n) is 8.55. The van der Waals surface area contributed by atoms with Crippen LogP contribution < -0.4 is 5.32 Å². The lowest BCUT2D eigenvalue weighted by molar-refractivity contribution is 0.187. The minimum Gasteiger partial charge on any atom is -0.394 e. The topological polar surface area (TPSA) is 32.3 Å². The minimum atomic E-state index is -0.220. The van der Waals surface area contributed by atoms with Gasteiger partial charge in [-0.2, -0.15) is 0 Å². The third-order valence-corrected chi connectivity index (χ3v) is 2.55. The van der Waals surface area contributed by atoms with Crippen molar-refractivity contribution in [3.8, 4) is 0 Å². The molecule has 0 aliphatic heterocycles. The van der Waals surface area contributed by atoms with Crippen LogP contribution in [0.5, 0.6) is 0 Å². The molecule has 0 bridgehead atoms. The monoisotopic (exact) mass is 257 g/mol. The Bertz CT molecular complexity index is 299. The summed E-state index contributed by atoms with van der Waals surface area (Å²) < 4.78 is 1.08. The smallest absolute Gasteiger partial charge is 0.0607 e. The van der Waals surface area contributed by atoms with Gasteiger partial charge in [0.15, 0.2) is 0 Å². The van der Waals surface area contributed by atoms with E-state index in [1.54, 1.807) is 0 Å². The molecule has 0 aromatic heterocycles. The summed E-state index contributed by atoms with van der Waals surface area (Å²) in [5, 5.41) is 12.3. The molecule has 78 valence electrons. The lowest BCUT2D eigenvalue weighted by Crippen LogP contribution is -2.42. The second-order valence-corrected chi connectivity index (χ2v) is 4.94. The largest absolute Gasteiger partial charge is 0.394 e. The molecule has 0 radical (unpaired) electrons. The third kappa shape index (κ3) is 3.78. The van der Waals surface area contributed by atoms with Crippen LogP contribution in [-0.2, 0) is 6.54 Å². The molecule has 1 aromatic carbocycles. The number of aliphatic hydroxyl groups excluding tert-OH is 1. The van der Waals surface area contributed by atoms with Crippen LogP contribution in [0.2, 0.25) is 0 Å². The molecule has 0 amide bonds. The van der Waals surface area contributed by atoms with Crippen molar-refractivity contribution in [1.29, 1.82) is 0 Å². The fourth-order valence-electron chi connectivity index (χ4n) is 1.04. The van der Waals surface area contributed by atoms with E-state index in [2.05, 4.69) is 33.4 Å². The molecule has 1 rings (SSSR count). The molecular formula is C11H16BrNO. The highest BCUT2D eigenvalue weighted by atomic mass is 79.9. The van der Waals surface area contributed by atoms with Gasteiger partial charge in [0, 0.05) is 16.6 Å². The van der Waals surface area contributed by atoms with Crippen molar-refractivity contribution >= 4 is 15.9 Å². The van der Waals surface area contributed by atoms with Crippen LogP contribution in [0.3, 0.4) is 0 Å². The highest BCUT2D eigenvalue weighted by Gasteiger charge is 2.14. The Hall–Kier alpha value is -0.380. The molecule has 2 nitrogen and oxygen atoms in total. The number of halogens is 1. The van der Waals surface area contributed by atoms with Crippen molar-refractivity contribution in [2.24, 2.45) is 0 Å². The van der Waals surface area contributed by atoms with Gasteiger partial charge in [-0.1, -0.05) is 28.1 Å². The van der Waals surface area contributed by atoms with Crippen LogP contribution in [0.4, 0.5) is 0 Å². The van der Waals surface area contributed by atoms with Crippen LogP contribution in [-0.4, -0.2) is 17.3 Å². The normalized spacial score (nSPS) is 11.7. The number of hydrogen-bond donors (Lipinski definition) is 2. The summed E-state index contributed by atoms with van der Waals surface area (Å²) >= 11 is 3.42. The van der Waals surface area contributed by atoms with E-state index >= 15 is 0 Å². The highest BCUT2D eigenvalue weighted by Crippen LogP contribution is 2.12. The van der Waals surface area contributed by atoms with Gasteiger partial charge in [-0.05, 0) is 31.5 Å². The van der Waals surface area contributed by atoms with Crippen molar-refractivity contribution in [3.05, 3.63) is 34.3 Å². The summed E-state index contributed by atoms with van der Waals surface area (Å²) in [5.74, 6) is 0. The van der Waals surface area contributed by atoms with Crippen molar-refractivity contribution in [1.82, 2.24) is 5.32 Å². The zero-order chi connectivity index (χ0) is 10.6. The van der Waals surface area contributed by atoms with E-state index in [0.717, 1.165) is 11.0 Å². The van der Waals surface area contributed by atoms with Crippen molar-refractivity contribution in [3.63, 3.8) is 0 Å². The Morgan fingerprint density at radius 1 is 1.43 bits per heavy atom. The Labute approximate surface area is 93.5 Å². The number of benzene rings is 1. The lowest BCUT2D eigenvalue weighted by Gasteiger charge is -2.23. The van der Waals surface area contributed by atoms with Gasteiger partial charge < -0.3 is 10.4 Å². The minimum absolute atomic E-state index is 0.140. The Morgan fingerprint density at radius 3 is 2.71 bits per heavy atom. The second kappa shape index (κ2) is 4.91. The predicted octanol–water partition coefficient (Wildman–Crippen LogP) is 2.31. The molecule has 0 unspecified atom stereocenters. The number of aliphatic hydroxyl groups is 1. The summed E-state index contributed by atoms with van der Waals surface area (Å²) in [5.41, 5.74) is 0.989. The molecule has 2 N–H and O–H groups in total. The third-order valence-electron chi connectivity index (χ3n) is 2.06. The van der Waals surface area contributed by atoms with Gasteiger partial charge in [0.05, 0.1) is 6.61 Å². The standard InChI is InChI=1S/C11H16BrNO/c1-11(2,8-14)13-7-9-4-3-5-10(12)6-9/h3-6,13-14H,7-8H2,1-2H3. The van der Waals surface area contributed by atoms with E-state index in [1.165, 1.54) is 5.56 Å². The average molecular weight is 258 g/mol. The maximum absolute atomic E-state index is 9.05. The summed E-state index contributed by atoms with van der Waals surface area (Å²) in [6, 6.07) is 8.14. The summed E-state index contributed by atoms with van der Waals surface area (Å²) in [6.45, 7) is 4.87. The molecule has 1 aromatic rings. The quantitative estimate of drug-likeness (QED) is 0.868. The molecule has 0 saturated carbocycles. The van der Waals surface area contributed by atoms with Crippen LogP contribution >= 0.6 is 15.9 Å². The first-order valence-electron chi connectivity index (χ1n) is 4.64. The molecule has 0 aliphatic carbocycles. The van der Waals surface area contributed by atoms with Crippen molar-refractivity contribution in [2.75, 3.05) is 6.61 Å². The summed E-state index contributed by atoms with van der Waals surface area (Å²) in [7, 11) is 0. The highest BCUT2D eigenvalue weighted by molar-refractivity contribution is 9.10. The van der Waals surface area contributed by atoms with Crippen LogP contribution in [0, 0.1) is 0 Å². The second-order valence-electron chi connectivity index (χ2n) is 4.03.